The standard InChI is InChI=1S/C9H10Cl2N2O2/c1-12-9(15)13(2)7-4-8(14)6(11)3-5(7)10/h3-4,14H,1-2H3,(H,12,15). The van der Waals surface area contributed by atoms with E-state index < -0.39 is 0 Å². The van der Waals surface area contributed by atoms with E-state index in [1.54, 1.807) is 0 Å². The second kappa shape index (κ2) is 4.59. The van der Waals surface area contributed by atoms with E-state index in [1.807, 2.05) is 0 Å². The van der Waals surface area contributed by atoms with Gasteiger partial charge in [0.25, 0.3) is 0 Å². The highest BCUT2D eigenvalue weighted by Crippen LogP contribution is 2.34. The maximum Gasteiger partial charge on any atom is 0.321 e. The summed E-state index contributed by atoms with van der Waals surface area (Å²) in [5.74, 6) is -0.119. The highest BCUT2D eigenvalue weighted by atomic mass is 35.5. The summed E-state index contributed by atoms with van der Waals surface area (Å²) in [6, 6.07) is 2.38. The van der Waals surface area contributed by atoms with Crippen molar-refractivity contribution in [2.75, 3.05) is 19.0 Å². The second-order valence-electron chi connectivity index (χ2n) is 2.87. The molecule has 0 radical (unpaired) electrons. The van der Waals surface area contributed by atoms with Crippen LogP contribution >= 0.6 is 23.2 Å². The fourth-order valence-corrected chi connectivity index (χ4v) is 1.57. The monoisotopic (exact) mass is 248 g/mol. The SMILES string of the molecule is CNC(=O)N(C)c1cc(O)c(Cl)cc1Cl. The molecule has 1 aromatic rings. The van der Waals surface area contributed by atoms with E-state index in [4.69, 9.17) is 23.2 Å². The predicted molar refractivity (Wildman–Crippen MR) is 61.0 cm³/mol. The Kier molecular flexibility index (Phi) is 3.66. The third-order valence-electron chi connectivity index (χ3n) is 1.90. The first kappa shape index (κ1) is 11.9. The zero-order valence-corrected chi connectivity index (χ0v) is 9.73. The summed E-state index contributed by atoms with van der Waals surface area (Å²) in [5, 5.41) is 12.3. The van der Waals surface area contributed by atoms with Crippen LogP contribution in [0.15, 0.2) is 12.1 Å². The van der Waals surface area contributed by atoms with Gasteiger partial charge in [0.05, 0.1) is 15.7 Å². The van der Waals surface area contributed by atoms with Crippen molar-refractivity contribution >= 4 is 34.9 Å². The summed E-state index contributed by atoms with van der Waals surface area (Å²) in [4.78, 5) is 12.6. The summed E-state index contributed by atoms with van der Waals surface area (Å²) in [7, 11) is 3.04. The first-order valence-electron chi connectivity index (χ1n) is 4.10. The van der Waals surface area contributed by atoms with Crippen LogP contribution in [0.3, 0.4) is 0 Å². The number of carbonyl (C=O) groups excluding carboxylic acids is 1. The van der Waals surface area contributed by atoms with Crippen LogP contribution in [-0.4, -0.2) is 25.2 Å². The molecule has 0 aliphatic carbocycles. The van der Waals surface area contributed by atoms with Crippen LogP contribution in [0, 0.1) is 0 Å². The molecule has 0 saturated carbocycles. The van der Waals surface area contributed by atoms with Crippen LogP contribution in [0.4, 0.5) is 10.5 Å². The van der Waals surface area contributed by atoms with Crippen molar-refractivity contribution < 1.29 is 9.90 Å². The number of aromatic hydroxyl groups is 1. The average molecular weight is 249 g/mol. The van der Waals surface area contributed by atoms with Crippen molar-refractivity contribution in [3.05, 3.63) is 22.2 Å². The topological polar surface area (TPSA) is 52.6 Å². The second-order valence-corrected chi connectivity index (χ2v) is 3.68. The molecule has 0 saturated heterocycles. The van der Waals surface area contributed by atoms with Gasteiger partial charge in [-0.15, -0.1) is 0 Å². The zero-order valence-electron chi connectivity index (χ0n) is 8.21. The number of rotatable bonds is 1. The third kappa shape index (κ3) is 2.46. The molecule has 15 heavy (non-hydrogen) atoms. The smallest absolute Gasteiger partial charge is 0.321 e. The quantitative estimate of drug-likeness (QED) is 0.803. The Hall–Kier alpha value is -1.13. The number of halogens is 2. The highest BCUT2D eigenvalue weighted by Gasteiger charge is 2.14. The molecule has 0 unspecified atom stereocenters. The first-order valence-corrected chi connectivity index (χ1v) is 4.86. The first-order chi connectivity index (χ1) is 6.97. The third-order valence-corrected chi connectivity index (χ3v) is 2.50. The molecule has 0 aromatic heterocycles. The van der Waals surface area contributed by atoms with Gasteiger partial charge >= 0.3 is 6.03 Å². The lowest BCUT2D eigenvalue weighted by Crippen LogP contribution is -2.34. The number of nitrogens with one attached hydrogen (secondary N) is 1. The van der Waals surface area contributed by atoms with E-state index in [9.17, 15) is 9.90 Å². The molecule has 0 aliphatic heterocycles. The van der Waals surface area contributed by atoms with Gasteiger partial charge in [-0.3, -0.25) is 4.90 Å². The lowest BCUT2D eigenvalue weighted by atomic mass is 10.3. The van der Waals surface area contributed by atoms with Crippen LogP contribution in [0.2, 0.25) is 10.0 Å². The fraction of sp³-hybridized carbons (Fsp3) is 0.222. The molecule has 0 bridgehead atoms. The van der Waals surface area contributed by atoms with Crippen molar-refractivity contribution in [2.45, 2.75) is 0 Å². The Morgan fingerprint density at radius 2 is 2.00 bits per heavy atom. The average Bonchev–Trinajstić information content (AvgIpc) is 2.21. The number of phenolic OH excluding ortho intramolecular Hbond substituents is 1. The molecule has 6 heteroatoms. The molecular weight excluding hydrogens is 239 g/mol. The van der Waals surface area contributed by atoms with Crippen LogP contribution < -0.4 is 10.2 Å². The minimum Gasteiger partial charge on any atom is -0.506 e. The molecule has 2 amide bonds. The maximum absolute atomic E-state index is 11.3. The molecule has 0 fully saturated rings. The summed E-state index contributed by atoms with van der Waals surface area (Å²) in [6.45, 7) is 0. The lowest BCUT2D eigenvalue weighted by molar-refractivity contribution is 0.249. The van der Waals surface area contributed by atoms with E-state index >= 15 is 0 Å². The number of amides is 2. The summed E-state index contributed by atoms with van der Waals surface area (Å²) < 4.78 is 0. The molecule has 1 aromatic carbocycles. The normalized spacial score (nSPS) is 9.87. The van der Waals surface area contributed by atoms with Gasteiger partial charge in [-0.1, -0.05) is 23.2 Å². The summed E-state index contributed by atoms with van der Waals surface area (Å²) in [5.41, 5.74) is 0.387. The van der Waals surface area contributed by atoms with Gasteiger partial charge in [0, 0.05) is 20.2 Å². The number of hydrogen-bond donors (Lipinski definition) is 2. The number of nitrogens with zero attached hydrogens (tertiary/aromatic N) is 1. The zero-order chi connectivity index (χ0) is 11.6. The molecule has 4 nitrogen and oxygen atoms in total. The molecule has 0 spiro atoms. The molecule has 2 N–H and O–H groups in total. The Balaban J connectivity index is 3.14. The Labute approximate surface area is 97.4 Å². The van der Waals surface area contributed by atoms with Gasteiger partial charge in [0.2, 0.25) is 0 Å². The van der Waals surface area contributed by atoms with Crippen LogP contribution in [0.25, 0.3) is 0 Å². The van der Waals surface area contributed by atoms with E-state index in [2.05, 4.69) is 5.32 Å². The maximum atomic E-state index is 11.3. The number of hydrogen-bond acceptors (Lipinski definition) is 2. The lowest BCUT2D eigenvalue weighted by Gasteiger charge is -2.18. The molecule has 82 valence electrons. The number of phenols is 1. The Morgan fingerprint density at radius 3 is 2.53 bits per heavy atom. The van der Waals surface area contributed by atoms with Crippen molar-refractivity contribution in [1.82, 2.24) is 5.32 Å². The van der Waals surface area contributed by atoms with Crippen LogP contribution in [0.1, 0.15) is 0 Å². The number of urea groups is 1. The van der Waals surface area contributed by atoms with Gasteiger partial charge in [0.15, 0.2) is 0 Å². The number of anilines is 1. The molecule has 0 heterocycles. The van der Waals surface area contributed by atoms with Crippen molar-refractivity contribution in [3.8, 4) is 5.75 Å². The summed E-state index contributed by atoms with van der Waals surface area (Å²) in [6.07, 6.45) is 0. The molecular formula is C9H10Cl2N2O2. The largest absolute Gasteiger partial charge is 0.506 e. The minimum atomic E-state index is -0.335. The van der Waals surface area contributed by atoms with Gasteiger partial charge < -0.3 is 10.4 Å². The van der Waals surface area contributed by atoms with Crippen molar-refractivity contribution in [3.63, 3.8) is 0 Å². The van der Waals surface area contributed by atoms with E-state index in [0.717, 1.165) is 0 Å². The summed E-state index contributed by atoms with van der Waals surface area (Å²) >= 11 is 11.5. The van der Waals surface area contributed by atoms with Crippen molar-refractivity contribution in [1.29, 1.82) is 0 Å². The van der Waals surface area contributed by atoms with E-state index in [0.29, 0.717) is 10.7 Å². The predicted octanol–water partition coefficient (Wildman–Crippen LogP) is 2.47. The minimum absolute atomic E-state index is 0.119. The number of carbonyl (C=O) groups is 1. The fourth-order valence-electron chi connectivity index (χ4n) is 1.06. The van der Waals surface area contributed by atoms with Crippen LogP contribution in [0.5, 0.6) is 5.75 Å². The van der Waals surface area contributed by atoms with Gasteiger partial charge in [-0.05, 0) is 6.07 Å². The van der Waals surface area contributed by atoms with E-state index in [-0.39, 0.29) is 16.8 Å². The molecule has 0 atom stereocenters. The van der Waals surface area contributed by atoms with Crippen molar-refractivity contribution in [2.24, 2.45) is 0 Å². The molecule has 0 aliphatic rings. The van der Waals surface area contributed by atoms with Gasteiger partial charge in [0.1, 0.15) is 5.75 Å². The van der Waals surface area contributed by atoms with E-state index in [1.165, 1.54) is 31.1 Å². The van der Waals surface area contributed by atoms with Gasteiger partial charge in [-0.25, -0.2) is 4.79 Å². The Morgan fingerprint density at radius 1 is 1.40 bits per heavy atom. The Bertz CT molecular complexity index is 396. The van der Waals surface area contributed by atoms with Crippen LogP contribution in [-0.2, 0) is 0 Å². The molecule has 1 rings (SSSR count). The number of benzene rings is 1. The van der Waals surface area contributed by atoms with Gasteiger partial charge in [-0.2, -0.15) is 0 Å². The highest BCUT2D eigenvalue weighted by molar-refractivity contribution is 6.37.